The van der Waals surface area contributed by atoms with Gasteiger partial charge in [-0.05, 0) is 0 Å². The molecule has 0 spiro atoms. The standard InChI is InChI=1S/H4N3O3PS/c1-7(4)2-8(5,6)3-7/h(H4,1,2,3,4). The van der Waals surface area contributed by atoms with Crippen molar-refractivity contribution in [3.05, 3.63) is 0 Å². The highest BCUT2D eigenvalue weighted by Gasteiger charge is 2.38. The molecule has 8 heteroatoms. The summed E-state index contributed by atoms with van der Waals surface area (Å²) in [6.07, 6.45) is 0. The monoisotopic (exact) mass is 157 g/mol. The van der Waals surface area contributed by atoms with Crippen LogP contribution < -0.4 is 14.5 Å². The molecule has 6 nitrogen and oxygen atoms in total. The molecular weight excluding hydrogens is 153 g/mol. The Balaban J connectivity index is 2.84. The van der Waals surface area contributed by atoms with E-state index in [1.807, 2.05) is 0 Å². The zero-order valence-electron chi connectivity index (χ0n) is 3.66. The summed E-state index contributed by atoms with van der Waals surface area (Å²) < 4.78 is 33.6. The van der Waals surface area contributed by atoms with Crippen LogP contribution in [0.3, 0.4) is 0 Å². The van der Waals surface area contributed by atoms with E-state index in [1.54, 1.807) is 8.99 Å². The molecule has 0 amide bonds. The van der Waals surface area contributed by atoms with Crippen LogP contribution in [0.1, 0.15) is 0 Å². The van der Waals surface area contributed by atoms with Crippen molar-refractivity contribution in [3.8, 4) is 0 Å². The van der Waals surface area contributed by atoms with Crippen LogP contribution in [-0.4, -0.2) is 8.42 Å². The molecule has 1 heterocycles. The number of rotatable bonds is 0. The highest BCUT2D eigenvalue weighted by Crippen LogP contribution is 2.35. The first-order valence-electron chi connectivity index (χ1n) is 1.63. The van der Waals surface area contributed by atoms with Gasteiger partial charge in [0.25, 0.3) is 10.2 Å². The van der Waals surface area contributed by atoms with E-state index in [4.69, 9.17) is 5.50 Å². The molecule has 1 fully saturated rings. The summed E-state index contributed by atoms with van der Waals surface area (Å²) in [5, 5.41) is 0. The lowest BCUT2D eigenvalue weighted by molar-refractivity contribution is 0.545. The first-order valence-corrected chi connectivity index (χ1v) is 4.89. The molecule has 1 aliphatic rings. The van der Waals surface area contributed by atoms with E-state index in [0.717, 1.165) is 0 Å². The fraction of sp³-hybridized carbons (Fsp3) is 0. The second-order valence-corrected chi connectivity index (χ2v) is 5.13. The molecule has 1 aliphatic heterocycles. The minimum absolute atomic E-state index is 1.65. The number of nitrogens with one attached hydrogen (secondary N) is 2. The highest BCUT2D eigenvalue weighted by atomic mass is 32.2. The summed E-state index contributed by atoms with van der Waals surface area (Å²) in [4.78, 5) is 0. The second-order valence-electron chi connectivity index (χ2n) is 1.34. The predicted octanol–water partition coefficient (Wildman–Crippen LogP) is -1.51. The van der Waals surface area contributed by atoms with Crippen LogP contribution in [0.4, 0.5) is 0 Å². The molecule has 0 aliphatic carbocycles. The smallest absolute Gasteiger partial charge is 0.269 e. The minimum atomic E-state index is -3.48. The van der Waals surface area contributed by atoms with Gasteiger partial charge in [-0.2, -0.15) is 8.42 Å². The molecule has 0 aromatic carbocycles. The molecule has 0 aromatic rings. The van der Waals surface area contributed by atoms with Gasteiger partial charge in [0.1, 0.15) is 0 Å². The molecule has 1 saturated heterocycles. The van der Waals surface area contributed by atoms with Gasteiger partial charge in [-0.15, -0.1) is 8.99 Å². The third-order valence-corrected chi connectivity index (χ3v) is 4.60. The second kappa shape index (κ2) is 1.31. The Hall–Kier alpha value is 0.0600. The maximum atomic E-state index is 10.3. The van der Waals surface area contributed by atoms with Gasteiger partial charge in [-0.3, -0.25) is 10.1 Å². The third-order valence-electron chi connectivity index (χ3n) is 0.512. The predicted molar refractivity (Wildman–Crippen MR) is 27.0 cm³/mol. The van der Waals surface area contributed by atoms with Crippen LogP contribution >= 0.6 is 7.59 Å². The molecule has 0 radical (unpaired) electrons. The lowest BCUT2D eigenvalue weighted by Gasteiger charge is -2.23. The van der Waals surface area contributed by atoms with Gasteiger partial charge in [-0.25, -0.2) is 0 Å². The Morgan fingerprint density at radius 2 is 1.75 bits per heavy atom. The summed E-state index contributed by atoms with van der Waals surface area (Å²) >= 11 is 0. The van der Waals surface area contributed by atoms with E-state index in [1.165, 1.54) is 0 Å². The number of hydrogen-bond donors (Lipinski definition) is 3. The molecule has 4 N–H and O–H groups in total. The summed E-state index contributed by atoms with van der Waals surface area (Å²) in [7, 11) is -6.65. The molecule has 0 saturated carbocycles. The van der Waals surface area contributed by atoms with Crippen LogP contribution in [0.5, 0.6) is 0 Å². The van der Waals surface area contributed by atoms with Gasteiger partial charge < -0.3 is 0 Å². The minimum Gasteiger partial charge on any atom is -0.269 e. The van der Waals surface area contributed by atoms with Gasteiger partial charge in [0.05, 0.1) is 0 Å². The lowest BCUT2D eigenvalue weighted by atomic mass is 13.7. The first kappa shape index (κ1) is 6.18. The molecule has 0 aromatic heterocycles. The van der Waals surface area contributed by atoms with E-state index in [9.17, 15) is 13.0 Å². The average Bonchev–Trinajstić information content (AvgIpc) is 1.20. The molecule has 0 bridgehead atoms. The van der Waals surface area contributed by atoms with Crippen molar-refractivity contribution in [2.24, 2.45) is 5.50 Å². The van der Waals surface area contributed by atoms with Crippen molar-refractivity contribution >= 4 is 17.8 Å². The first-order chi connectivity index (χ1) is 3.41. The fourth-order valence-electron chi connectivity index (χ4n) is 0.357. The Morgan fingerprint density at radius 3 is 1.75 bits per heavy atom. The molecule has 0 unspecified atom stereocenters. The van der Waals surface area contributed by atoms with Crippen molar-refractivity contribution in [3.63, 3.8) is 0 Å². The summed E-state index contributed by atoms with van der Waals surface area (Å²) in [6.45, 7) is 0. The highest BCUT2D eigenvalue weighted by molar-refractivity contribution is 8.05. The van der Waals surface area contributed by atoms with E-state index in [-0.39, 0.29) is 0 Å². The van der Waals surface area contributed by atoms with Gasteiger partial charge in [0.2, 0.25) is 0 Å². The van der Waals surface area contributed by atoms with Crippen LogP contribution in [-0.2, 0) is 14.8 Å². The number of hydrogen-bond acceptors (Lipinski definition) is 3. The molecule has 8 heavy (non-hydrogen) atoms. The SMILES string of the molecule is NP1(=O)NS(=O)(=O)N1. The Labute approximate surface area is 46.2 Å². The summed E-state index contributed by atoms with van der Waals surface area (Å²) in [5.74, 6) is 0. The van der Waals surface area contributed by atoms with E-state index < -0.39 is 17.8 Å². The van der Waals surface area contributed by atoms with Crippen LogP contribution in [0.15, 0.2) is 0 Å². The zero-order valence-corrected chi connectivity index (χ0v) is 5.37. The normalized spacial score (nSPS) is 31.1. The summed E-state index contributed by atoms with van der Waals surface area (Å²) in [6, 6.07) is 0. The Kier molecular flexibility index (Phi) is 1.01. The van der Waals surface area contributed by atoms with Gasteiger partial charge >= 0.3 is 7.59 Å². The number of nitrogens with two attached hydrogens (primary N) is 1. The van der Waals surface area contributed by atoms with Crippen molar-refractivity contribution in [1.29, 1.82) is 0 Å². The van der Waals surface area contributed by atoms with Gasteiger partial charge in [0, 0.05) is 0 Å². The van der Waals surface area contributed by atoms with Crippen molar-refractivity contribution < 1.29 is 13.0 Å². The Bertz CT molecular complexity index is 223. The summed E-state index contributed by atoms with van der Waals surface area (Å²) in [5.41, 5.74) is 4.75. The molecule has 0 atom stereocenters. The lowest BCUT2D eigenvalue weighted by Crippen LogP contribution is -2.50. The van der Waals surface area contributed by atoms with Crippen molar-refractivity contribution in [1.82, 2.24) is 8.99 Å². The van der Waals surface area contributed by atoms with E-state index in [2.05, 4.69) is 0 Å². The third kappa shape index (κ3) is 1.07. The van der Waals surface area contributed by atoms with Gasteiger partial charge in [0.15, 0.2) is 0 Å². The van der Waals surface area contributed by atoms with E-state index >= 15 is 0 Å². The van der Waals surface area contributed by atoms with Crippen LogP contribution in [0.2, 0.25) is 0 Å². The average molecular weight is 157 g/mol. The molecule has 48 valence electrons. The van der Waals surface area contributed by atoms with Crippen LogP contribution in [0, 0.1) is 0 Å². The van der Waals surface area contributed by atoms with Gasteiger partial charge in [-0.1, -0.05) is 0 Å². The van der Waals surface area contributed by atoms with E-state index in [0.29, 0.717) is 0 Å². The quantitative estimate of drug-likeness (QED) is 0.372. The zero-order chi connectivity index (χ0) is 6.41. The topological polar surface area (TPSA) is 101 Å². The van der Waals surface area contributed by atoms with Crippen molar-refractivity contribution in [2.45, 2.75) is 0 Å². The largest absolute Gasteiger partial charge is 0.305 e. The maximum Gasteiger partial charge on any atom is 0.305 e. The molecule has 1 rings (SSSR count). The Morgan fingerprint density at radius 1 is 1.38 bits per heavy atom. The fourth-order valence-corrected chi connectivity index (χ4v) is 3.21. The molecular formula is H4N3O3PS. The van der Waals surface area contributed by atoms with Crippen molar-refractivity contribution in [2.75, 3.05) is 0 Å². The van der Waals surface area contributed by atoms with Crippen LogP contribution in [0.25, 0.3) is 0 Å². The maximum absolute atomic E-state index is 10.3.